The van der Waals surface area contributed by atoms with Crippen molar-refractivity contribution in [3.8, 4) is 0 Å². The van der Waals surface area contributed by atoms with E-state index in [4.69, 9.17) is 4.74 Å². The van der Waals surface area contributed by atoms with Gasteiger partial charge in [-0.25, -0.2) is 0 Å². The van der Waals surface area contributed by atoms with Crippen LogP contribution < -0.4 is 5.32 Å². The van der Waals surface area contributed by atoms with Crippen LogP contribution in [0.5, 0.6) is 0 Å². The Kier molecular flexibility index (Phi) is 8.62. The summed E-state index contributed by atoms with van der Waals surface area (Å²) in [7, 11) is 1.90. The molecule has 2 heterocycles. The molecule has 0 aromatic heterocycles. The molecule has 0 saturated carbocycles. The molecule has 3 rings (SSSR count). The standard InChI is InChI=1S/C23H38N4O/c1-20-9-6-7-14-26(20)15-8-13-25-23(24-2)27-16-12-22(17-27)19-28-18-21-10-4-3-5-11-21/h3-5,10-11,20,22H,6-9,12-19H2,1-2H3,(H,24,25). The number of benzene rings is 1. The third-order valence-electron chi connectivity index (χ3n) is 6.11. The van der Waals surface area contributed by atoms with Gasteiger partial charge in [0.05, 0.1) is 13.2 Å². The number of hydrogen-bond acceptors (Lipinski definition) is 3. The second kappa shape index (κ2) is 11.4. The largest absolute Gasteiger partial charge is 0.376 e. The van der Waals surface area contributed by atoms with Crippen LogP contribution >= 0.6 is 0 Å². The molecule has 0 bridgehead atoms. The Morgan fingerprint density at radius 1 is 1.18 bits per heavy atom. The summed E-state index contributed by atoms with van der Waals surface area (Å²) in [4.78, 5) is 9.54. The maximum atomic E-state index is 5.95. The molecule has 1 aromatic rings. The Balaban J connectivity index is 1.31. The van der Waals surface area contributed by atoms with Gasteiger partial charge in [0.15, 0.2) is 5.96 Å². The molecule has 156 valence electrons. The molecule has 2 saturated heterocycles. The molecule has 0 amide bonds. The molecule has 0 aliphatic carbocycles. The first-order chi connectivity index (χ1) is 13.8. The number of rotatable bonds is 8. The van der Waals surface area contributed by atoms with Crippen molar-refractivity contribution in [2.24, 2.45) is 10.9 Å². The van der Waals surface area contributed by atoms with Crippen LogP contribution in [0.25, 0.3) is 0 Å². The predicted octanol–water partition coefficient (Wildman–Crippen LogP) is 3.37. The summed E-state index contributed by atoms with van der Waals surface area (Å²) in [5.41, 5.74) is 1.25. The van der Waals surface area contributed by atoms with Crippen LogP contribution in [0.3, 0.4) is 0 Å². The minimum Gasteiger partial charge on any atom is -0.376 e. The lowest BCUT2D eigenvalue weighted by Gasteiger charge is -2.33. The molecule has 2 fully saturated rings. The fourth-order valence-corrected chi connectivity index (χ4v) is 4.38. The van der Waals surface area contributed by atoms with Crippen LogP contribution in [0.2, 0.25) is 0 Å². The number of piperidine rings is 1. The Bertz CT molecular complexity index is 592. The number of nitrogens with one attached hydrogen (secondary N) is 1. The van der Waals surface area contributed by atoms with Crippen molar-refractivity contribution < 1.29 is 4.74 Å². The van der Waals surface area contributed by atoms with Crippen molar-refractivity contribution in [3.63, 3.8) is 0 Å². The van der Waals surface area contributed by atoms with Crippen molar-refractivity contribution in [2.75, 3.05) is 46.4 Å². The normalized spacial score (nSPS) is 23.9. The van der Waals surface area contributed by atoms with E-state index < -0.39 is 0 Å². The zero-order valence-corrected chi connectivity index (χ0v) is 17.8. The molecule has 1 N–H and O–H groups in total. The summed E-state index contributed by atoms with van der Waals surface area (Å²) in [6.45, 7) is 9.49. The average Bonchev–Trinajstić information content (AvgIpc) is 3.19. The highest BCUT2D eigenvalue weighted by Gasteiger charge is 2.25. The topological polar surface area (TPSA) is 40.1 Å². The first-order valence-electron chi connectivity index (χ1n) is 11.1. The number of aliphatic imine (C=N–C) groups is 1. The van der Waals surface area contributed by atoms with Crippen molar-refractivity contribution in [2.45, 2.75) is 51.7 Å². The molecule has 2 unspecified atom stereocenters. The number of nitrogens with zero attached hydrogens (tertiary/aromatic N) is 3. The summed E-state index contributed by atoms with van der Waals surface area (Å²) in [6, 6.07) is 11.2. The summed E-state index contributed by atoms with van der Waals surface area (Å²) in [5.74, 6) is 1.65. The molecule has 0 radical (unpaired) electrons. The SMILES string of the molecule is CN=C(NCCCN1CCCCC1C)N1CCC(COCc2ccccc2)C1. The van der Waals surface area contributed by atoms with Gasteiger partial charge >= 0.3 is 0 Å². The zero-order valence-electron chi connectivity index (χ0n) is 17.8. The lowest BCUT2D eigenvalue weighted by molar-refractivity contribution is 0.0906. The van der Waals surface area contributed by atoms with E-state index in [0.717, 1.165) is 38.2 Å². The molecule has 0 spiro atoms. The summed E-state index contributed by atoms with van der Waals surface area (Å²) in [6.07, 6.45) is 6.48. The Labute approximate surface area is 171 Å². The van der Waals surface area contributed by atoms with Gasteiger partial charge in [-0.2, -0.15) is 0 Å². The van der Waals surface area contributed by atoms with Gasteiger partial charge in [0.2, 0.25) is 0 Å². The Morgan fingerprint density at radius 2 is 2.04 bits per heavy atom. The molecular weight excluding hydrogens is 348 g/mol. The highest BCUT2D eigenvalue weighted by atomic mass is 16.5. The van der Waals surface area contributed by atoms with Crippen LogP contribution in [-0.4, -0.2) is 68.2 Å². The van der Waals surface area contributed by atoms with Crippen molar-refractivity contribution in [1.29, 1.82) is 0 Å². The minimum atomic E-state index is 0.594. The fourth-order valence-electron chi connectivity index (χ4n) is 4.38. The minimum absolute atomic E-state index is 0.594. The average molecular weight is 387 g/mol. The number of hydrogen-bond donors (Lipinski definition) is 1. The lowest BCUT2D eigenvalue weighted by atomic mass is 10.0. The fraction of sp³-hybridized carbons (Fsp3) is 0.696. The number of ether oxygens (including phenoxy) is 1. The number of guanidine groups is 1. The van der Waals surface area contributed by atoms with E-state index in [0.29, 0.717) is 12.5 Å². The maximum Gasteiger partial charge on any atom is 0.193 e. The first kappa shape index (κ1) is 21.1. The second-order valence-corrected chi connectivity index (χ2v) is 8.31. The van der Waals surface area contributed by atoms with Gasteiger partial charge in [-0.15, -0.1) is 0 Å². The highest BCUT2D eigenvalue weighted by Crippen LogP contribution is 2.18. The molecule has 5 nitrogen and oxygen atoms in total. The van der Waals surface area contributed by atoms with E-state index in [1.54, 1.807) is 0 Å². The highest BCUT2D eigenvalue weighted by molar-refractivity contribution is 5.80. The first-order valence-corrected chi connectivity index (χ1v) is 11.1. The third kappa shape index (κ3) is 6.49. The van der Waals surface area contributed by atoms with E-state index >= 15 is 0 Å². The van der Waals surface area contributed by atoms with Gasteiger partial charge < -0.3 is 19.9 Å². The maximum absolute atomic E-state index is 5.95. The molecule has 2 aliphatic heterocycles. The van der Waals surface area contributed by atoms with Gasteiger partial charge in [-0.1, -0.05) is 36.8 Å². The summed E-state index contributed by atoms with van der Waals surface area (Å²) in [5, 5.41) is 3.58. The van der Waals surface area contributed by atoms with Gasteiger partial charge in [0.1, 0.15) is 0 Å². The second-order valence-electron chi connectivity index (χ2n) is 8.31. The van der Waals surface area contributed by atoms with Crippen LogP contribution in [0, 0.1) is 5.92 Å². The van der Waals surface area contributed by atoms with Gasteiger partial charge in [-0.05, 0) is 44.7 Å². The van der Waals surface area contributed by atoms with Gasteiger partial charge in [-0.3, -0.25) is 4.99 Å². The molecule has 5 heteroatoms. The zero-order chi connectivity index (χ0) is 19.6. The molecule has 1 aromatic carbocycles. The Morgan fingerprint density at radius 3 is 2.82 bits per heavy atom. The molecule has 2 aliphatic rings. The van der Waals surface area contributed by atoms with E-state index in [1.165, 1.54) is 50.8 Å². The Hall–Kier alpha value is -1.59. The summed E-state index contributed by atoms with van der Waals surface area (Å²) < 4.78 is 5.95. The molecule has 28 heavy (non-hydrogen) atoms. The van der Waals surface area contributed by atoms with Gasteiger partial charge in [0, 0.05) is 45.2 Å². The lowest BCUT2D eigenvalue weighted by Crippen LogP contribution is -2.42. The van der Waals surface area contributed by atoms with Gasteiger partial charge in [0.25, 0.3) is 0 Å². The monoisotopic (exact) mass is 386 g/mol. The van der Waals surface area contributed by atoms with Crippen molar-refractivity contribution in [1.82, 2.24) is 15.1 Å². The van der Waals surface area contributed by atoms with Crippen LogP contribution in [-0.2, 0) is 11.3 Å². The van der Waals surface area contributed by atoms with Crippen LogP contribution in [0.4, 0.5) is 0 Å². The predicted molar refractivity (Wildman–Crippen MR) is 117 cm³/mol. The molecular formula is C23H38N4O. The quantitative estimate of drug-likeness (QED) is 0.422. The smallest absolute Gasteiger partial charge is 0.193 e. The van der Waals surface area contributed by atoms with Crippen molar-refractivity contribution >= 4 is 5.96 Å². The van der Waals surface area contributed by atoms with E-state index in [9.17, 15) is 0 Å². The third-order valence-corrected chi connectivity index (χ3v) is 6.11. The number of likely N-dealkylation sites (tertiary alicyclic amines) is 2. The molecule has 2 atom stereocenters. The van der Waals surface area contributed by atoms with E-state index in [1.807, 2.05) is 13.1 Å². The van der Waals surface area contributed by atoms with E-state index in [-0.39, 0.29) is 0 Å². The van der Waals surface area contributed by atoms with E-state index in [2.05, 4.69) is 51.3 Å². The van der Waals surface area contributed by atoms with Crippen molar-refractivity contribution in [3.05, 3.63) is 35.9 Å². The van der Waals surface area contributed by atoms with Crippen LogP contribution in [0.15, 0.2) is 35.3 Å². The summed E-state index contributed by atoms with van der Waals surface area (Å²) >= 11 is 0. The van der Waals surface area contributed by atoms with Crippen LogP contribution in [0.1, 0.15) is 44.6 Å².